The third kappa shape index (κ3) is 11.7. The summed E-state index contributed by atoms with van der Waals surface area (Å²) in [6.07, 6.45) is 0.148. The lowest BCUT2D eigenvalue weighted by Gasteiger charge is -2.16. The van der Waals surface area contributed by atoms with Crippen molar-refractivity contribution in [2.75, 3.05) is 16.0 Å². The minimum absolute atomic E-state index is 0.0259. The number of nitro benzene ring substituents is 1. The maximum Gasteiger partial charge on any atom is 0.295 e. The predicted molar refractivity (Wildman–Crippen MR) is 265 cm³/mol. The van der Waals surface area contributed by atoms with Crippen LogP contribution in [-0.2, 0) is 45.3 Å². The van der Waals surface area contributed by atoms with Crippen LogP contribution in [0.1, 0.15) is 30.0 Å². The number of amides is 1. The van der Waals surface area contributed by atoms with Gasteiger partial charge < -0.3 is 16.0 Å². The molecule has 74 heavy (non-hydrogen) atoms. The first kappa shape index (κ1) is 53.3. The Morgan fingerprint density at radius 2 is 1.16 bits per heavy atom. The summed E-state index contributed by atoms with van der Waals surface area (Å²) in [6.45, 7) is 3.08. The fourth-order valence-electron chi connectivity index (χ4n) is 6.87. The number of nitriles is 2. The zero-order valence-electron chi connectivity index (χ0n) is 37.3. The SMILES string of the molecule is CCC(=O)Nc1ccc(-c2c(/N=N/c3cc(S(=O)(=O)O)c4cc([N+](=O)[O-])cc(S(=O)(=O)O)c4c3)sc(N=Nc3c(Nc4ccc(S(=O)(=O)O)cc4)nc(Nc4ccc(S(=O)(=O)O)cc4)c(C#N)c3C)c2C#N)cc1. The second-order valence-corrected chi connectivity index (χ2v) is 21.8. The van der Waals surface area contributed by atoms with Crippen molar-refractivity contribution >= 4 is 124 Å². The molecule has 0 radical (unpaired) electrons. The molecular weight excluding hydrogens is 1070 g/mol. The number of pyridine rings is 1. The maximum atomic E-state index is 12.7. The monoisotopic (exact) mass is 1100 g/mol. The first-order valence-electron chi connectivity index (χ1n) is 20.4. The zero-order valence-corrected chi connectivity index (χ0v) is 41.4. The Kier molecular flexibility index (Phi) is 14.8. The molecule has 7 N–H and O–H groups in total. The summed E-state index contributed by atoms with van der Waals surface area (Å²) in [7, 11) is -19.8. The largest absolute Gasteiger partial charge is 0.339 e. The van der Waals surface area contributed by atoms with Crippen LogP contribution in [-0.4, -0.2) is 67.7 Å². The van der Waals surface area contributed by atoms with Gasteiger partial charge in [0.2, 0.25) is 5.91 Å². The Hall–Kier alpha value is -8.50. The lowest BCUT2D eigenvalue weighted by atomic mass is 10.0. The van der Waals surface area contributed by atoms with E-state index < -0.39 is 87.1 Å². The molecule has 0 aliphatic carbocycles. The number of hydrogen-bond donors (Lipinski definition) is 7. The molecule has 0 atom stereocenters. The number of aromatic nitrogens is 1. The van der Waals surface area contributed by atoms with Crippen LogP contribution in [0.5, 0.6) is 0 Å². The zero-order chi connectivity index (χ0) is 54.1. The summed E-state index contributed by atoms with van der Waals surface area (Å²) in [5.74, 6) is -0.589. The predicted octanol–water partition coefficient (Wildman–Crippen LogP) is 9.58. The molecule has 0 aliphatic heterocycles. The van der Waals surface area contributed by atoms with E-state index in [1.165, 1.54) is 55.5 Å². The molecule has 0 spiro atoms. The highest BCUT2D eigenvalue weighted by Crippen LogP contribution is 2.49. The van der Waals surface area contributed by atoms with Crippen molar-refractivity contribution in [2.45, 2.75) is 39.9 Å². The van der Waals surface area contributed by atoms with Crippen LogP contribution in [0, 0.1) is 39.7 Å². The van der Waals surface area contributed by atoms with Gasteiger partial charge in [0.1, 0.15) is 38.2 Å². The van der Waals surface area contributed by atoms with Crippen molar-refractivity contribution in [3.8, 4) is 23.3 Å². The van der Waals surface area contributed by atoms with E-state index in [1.54, 1.807) is 6.92 Å². The molecule has 26 nitrogen and oxygen atoms in total. The summed E-state index contributed by atoms with van der Waals surface area (Å²) < 4.78 is 136. The average Bonchev–Trinajstić information content (AvgIpc) is 3.69. The number of benzene rings is 5. The number of hydrogen-bond acceptors (Lipinski definition) is 21. The second-order valence-electron chi connectivity index (χ2n) is 15.2. The van der Waals surface area contributed by atoms with Crippen LogP contribution < -0.4 is 16.0 Å². The molecule has 2 aromatic heterocycles. The van der Waals surface area contributed by atoms with Crippen molar-refractivity contribution < 1.29 is 61.6 Å². The first-order chi connectivity index (χ1) is 34.7. The van der Waals surface area contributed by atoms with E-state index in [9.17, 15) is 77.3 Å². The summed E-state index contributed by atoms with van der Waals surface area (Å²) in [4.78, 5) is 24.2. The third-order valence-corrected chi connectivity index (χ3v) is 14.8. The fourth-order valence-corrected chi connectivity index (χ4v) is 10.2. The quantitative estimate of drug-likeness (QED) is 0.0205. The van der Waals surface area contributed by atoms with Gasteiger partial charge in [-0.15, -0.1) is 20.5 Å². The number of non-ortho nitro benzene ring substituents is 1. The van der Waals surface area contributed by atoms with E-state index in [0.29, 0.717) is 35.2 Å². The van der Waals surface area contributed by atoms with Crippen LogP contribution in [0.2, 0.25) is 0 Å². The van der Waals surface area contributed by atoms with Crippen LogP contribution in [0.3, 0.4) is 0 Å². The average molecular weight is 1100 g/mol. The number of anilines is 5. The summed E-state index contributed by atoms with van der Waals surface area (Å²) in [5, 5.41) is 56.7. The molecular formula is C43H31N11O15S5. The summed E-state index contributed by atoms with van der Waals surface area (Å²) in [5.41, 5.74) is -0.808. The number of nitro groups is 1. The van der Waals surface area contributed by atoms with E-state index in [1.807, 2.05) is 12.1 Å². The molecule has 0 saturated carbocycles. The van der Waals surface area contributed by atoms with Crippen molar-refractivity contribution in [1.82, 2.24) is 4.98 Å². The lowest BCUT2D eigenvalue weighted by molar-refractivity contribution is -0.384. The molecule has 378 valence electrons. The van der Waals surface area contributed by atoms with E-state index in [2.05, 4.69) is 41.4 Å². The van der Waals surface area contributed by atoms with E-state index in [-0.39, 0.29) is 78.8 Å². The molecule has 0 saturated heterocycles. The van der Waals surface area contributed by atoms with Crippen LogP contribution in [0.4, 0.5) is 55.8 Å². The number of nitrogens with zero attached hydrogens (tertiary/aromatic N) is 8. The van der Waals surface area contributed by atoms with Gasteiger partial charge in [0.25, 0.3) is 46.2 Å². The number of fused-ring (bicyclic) bond motifs is 1. The highest BCUT2D eigenvalue weighted by atomic mass is 32.2. The Balaban J connectivity index is 1.42. The van der Waals surface area contributed by atoms with E-state index >= 15 is 0 Å². The number of thiophene rings is 1. The first-order valence-corrected chi connectivity index (χ1v) is 26.9. The van der Waals surface area contributed by atoms with Crippen molar-refractivity contribution in [2.24, 2.45) is 20.5 Å². The fraction of sp³-hybridized carbons (Fsp3) is 0.0698. The molecule has 1 amide bonds. The van der Waals surface area contributed by atoms with Crippen LogP contribution in [0.15, 0.2) is 137 Å². The molecule has 0 fully saturated rings. The minimum Gasteiger partial charge on any atom is -0.339 e. The lowest BCUT2D eigenvalue weighted by Crippen LogP contribution is -2.08. The van der Waals surface area contributed by atoms with Gasteiger partial charge >= 0.3 is 0 Å². The maximum absolute atomic E-state index is 12.7. The number of carbonyl (C=O) groups is 1. The third-order valence-electron chi connectivity index (χ3n) is 10.3. The van der Waals surface area contributed by atoms with Gasteiger partial charge in [0.05, 0.1) is 26.0 Å². The van der Waals surface area contributed by atoms with Crippen molar-refractivity contribution in [3.05, 3.63) is 124 Å². The molecule has 0 aliphatic rings. The van der Waals surface area contributed by atoms with Gasteiger partial charge in [-0.1, -0.05) is 30.4 Å². The van der Waals surface area contributed by atoms with Crippen LogP contribution in [0.25, 0.3) is 21.9 Å². The topological polar surface area (TPSA) is 424 Å². The summed E-state index contributed by atoms with van der Waals surface area (Å²) in [6, 6.07) is 22.1. The van der Waals surface area contributed by atoms with E-state index in [4.69, 9.17) is 0 Å². The van der Waals surface area contributed by atoms with E-state index in [0.717, 1.165) is 30.3 Å². The highest BCUT2D eigenvalue weighted by molar-refractivity contribution is 7.86. The van der Waals surface area contributed by atoms with Crippen molar-refractivity contribution in [1.29, 1.82) is 10.5 Å². The molecule has 7 rings (SSSR count). The normalized spacial score (nSPS) is 12.2. The smallest absolute Gasteiger partial charge is 0.295 e. The Morgan fingerprint density at radius 1 is 0.662 bits per heavy atom. The Labute approximate surface area is 422 Å². The number of rotatable bonds is 16. The molecule has 7 aromatic rings. The van der Waals surface area contributed by atoms with Gasteiger partial charge in [0, 0.05) is 57.5 Å². The number of carbonyl (C=O) groups excluding carboxylic acids is 1. The Bertz CT molecular complexity index is 4100. The minimum atomic E-state index is -5.31. The van der Waals surface area contributed by atoms with Crippen LogP contribution >= 0.6 is 11.3 Å². The molecule has 0 unspecified atom stereocenters. The molecule has 5 aromatic carbocycles. The Morgan fingerprint density at radius 3 is 1.66 bits per heavy atom. The molecule has 2 heterocycles. The number of nitrogens with one attached hydrogen (secondary N) is 3. The van der Waals surface area contributed by atoms with Gasteiger partial charge in [0.15, 0.2) is 16.6 Å². The van der Waals surface area contributed by atoms with Gasteiger partial charge in [-0.3, -0.25) is 33.1 Å². The van der Waals surface area contributed by atoms with Gasteiger partial charge in [-0.2, -0.15) is 44.2 Å². The standard InChI is InChI=1S/C43H31N11O15S5/c1-3-37(55)46-24-6-4-23(5-7-24)38-34(21-45)42(70-43(38)53-50-27-16-31-32(35(17-27)73(64,65)66)18-28(54(56)57)19-36(31)74(67,68)69)52-51-39-22(2)33(20-44)40(47-25-8-12-29(13-9-25)71(58,59)60)49-41(39)48-26-10-14-30(15-11-26)72(61,62)63/h4-19H,3H2,1-2H3,(H,46,55)(H2,47,48,49)(H,58,59,60)(H,61,62,63)(H,64,65,66)(H,67,68,69)/b52-51?,53-50+. The van der Waals surface area contributed by atoms with Gasteiger partial charge in [-0.25, -0.2) is 4.98 Å². The van der Waals surface area contributed by atoms with Gasteiger partial charge in [-0.05, 0) is 85.3 Å². The highest BCUT2D eigenvalue weighted by Gasteiger charge is 2.27. The molecule has 0 bridgehead atoms. The second kappa shape index (κ2) is 20.5. The van der Waals surface area contributed by atoms with Crippen molar-refractivity contribution in [3.63, 3.8) is 0 Å². The molecule has 31 heteroatoms. The number of azo groups is 2. The summed E-state index contributed by atoms with van der Waals surface area (Å²) >= 11 is 0.675.